The Morgan fingerprint density at radius 3 is 2.61 bits per heavy atom. The van der Waals surface area contributed by atoms with Crippen molar-refractivity contribution in [2.75, 3.05) is 19.5 Å². The molecule has 0 spiro atoms. The van der Waals surface area contributed by atoms with E-state index in [0.717, 1.165) is 54.2 Å². The van der Waals surface area contributed by atoms with Gasteiger partial charge in [-0.15, -0.1) is 10.2 Å². The van der Waals surface area contributed by atoms with Crippen LogP contribution >= 0.6 is 11.8 Å². The highest BCUT2D eigenvalue weighted by atomic mass is 32.2. The summed E-state index contributed by atoms with van der Waals surface area (Å²) in [6.45, 7) is 1.96. The van der Waals surface area contributed by atoms with Gasteiger partial charge in [-0.05, 0) is 36.6 Å². The molecule has 2 aromatic carbocycles. The number of methoxy groups -OCH3 is 1. The van der Waals surface area contributed by atoms with E-state index < -0.39 is 0 Å². The Balaban J connectivity index is 1.29. The van der Waals surface area contributed by atoms with Crippen LogP contribution in [0.25, 0.3) is 22.3 Å². The number of tetrazole rings is 1. The number of thioether (sulfide) groups is 1. The molecular formula is C24H28N6O2S. The molecule has 9 heteroatoms. The lowest BCUT2D eigenvalue weighted by molar-refractivity contribution is 0.189. The van der Waals surface area contributed by atoms with Crippen LogP contribution < -0.4 is 5.56 Å². The van der Waals surface area contributed by atoms with Crippen LogP contribution in [0.5, 0.6) is 0 Å². The SMILES string of the molecule is COCCCn1c(SCCCCCn2nnc(-c3ccccc3)n2)nc2ccccc2c1=O. The van der Waals surface area contributed by atoms with E-state index in [2.05, 4.69) is 15.4 Å². The first-order valence-corrected chi connectivity index (χ1v) is 12.2. The Morgan fingerprint density at radius 1 is 0.939 bits per heavy atom. The van der Waals surface area contributed by atoms with Gasteiger partial charge in [-0.3, -0.25) is 9.36 Å². The van der Waals surface area contributed by atoms with Gasteiger partial charge in [-0.1, -0.05) is 60.6 Å². The third-order valence-electron chi connectivity index (χ3n) is 5.28. The minimum atomic E-state index is 0.0191. The topological polar surface area (TPSA) is 87.7 Å². The number of para-hydroxylation sites is 1. The summed E-state index contributed by atoms with van der Waals surface area (Å²) in [6.07, 6.45) is 3.80. The normalized spacial score (nSPS) is 11.3. The molecule has 0 fully saturated rings. The summed E-state index contributed by atoms with van der Waals surface area (Å²) < 4.78 is 6.95. The zero-order valence-corrected chi connectivity index (χ0v) is 19.6. The summed E-state index contributed by atoms with van der Waals surface area (Å²) in [5.41, 5.74) is 1.74. The highest BCUT2D eigenvalue weighted by Crippen LogP contribution is 2.20. The smallest absolute Gasteiger partial charge is 0.262 e. The number of benzene rings is 2. The number of fused-ring (bicyclic) bond motifs is 1. The van der Waals surface area contributed by atoms with Crippen molar-refractivity contribution in [2.45, 2.75) is 43.9 Å². The number of ether oxygens (including phenoxy) is 1. The van der Waals surface area contributed by atoms with Crippen molar-refractivity contribution in [2.24, 2.45) is 0 Å². The second-order valence-electron chi connectivity index (χ2n) is 7.70. The lowest BCUT2D eigenvalue weighted by Gasteiger charge is -2.13. The van der Waals surface area contributed by atoms with Gasteiger partial charge in [0, 0.05) is 31.6 Å². The van der Waals surface area contributed by atoms with Crippen LogP contribution in [0.4, 0.5) is 0 Å². The number of hydrogen-bond acceptors (Lipinski definition) is 7. The quantitative estimate of drug-likeness (QED) is 0.178. The Morgan fingerprint density at radius 2 is 1.76 bits per heavy atom. The second-order valence-corrected chi connectivity index (χ2v) is 8.76. The molecule has 0 saturated heterocycles. The van der Waals surface area contributed by atoms with E-state index >= 15 is 0 Å². The maximum atomic E-state index is 13.0. The monoisotopic (exact) mass is 464 g/mol. The van der Waals surface area contributed by atoms with E-state index in [-0.39, 0.29) is 5.56 Å². The number of unbranched alkanes of at least 4 members (excludes halogenated alkanes) is 2. The minimum absolute atomic E-state index is 0.0191. The first-order chi connectivity index (χ1) is 16.3. The molecule has 8 nitrogen and oxygen atoms in total. The fourth-order valence-electron chi connectivity index (χ4n) is 3.56. The summed E-state index contributed by atoms with van der Waals surface area (Å²) in [4.78, 5) is 19.4. The lowest BCUT2D eigenvalue weighted by atomic mass is 10.2. The third-order valence-corrected chi connectivity index (χ3v) is 6.34. The average molecular weight is 465 g/mol. The van der Waals surface area contributed by atoms with Crippen LogP contribution in [0.1, 0.15) is 25.7 Å². The van der Waals surface area contributed by atoms with Gasteiger partial charge in [0.2, 0.25) is 5.82 Å². The molecule has 4 rings (SSSR count). The summed E-state index contributed by atoms with van der Waals surface area (Å²) in [5, 5.41) is 14.2. The second kappa shape index (κ2) is 11.7. The number of rotatable bonds is 12. The van der Waals surface area contributed by atoms with E-state index in [1.165, 1.54) is 0 Å². The molecule has 0 N–H and O–H groups in total. The fraction of sp³-hybridized carbons (Fsp3) is 0.375. The van der Waals surface area contributed by atoms with E-state index in [1.807, 2.05) is 54.6 Å². The zero-order chi connectivity index (χ0) is 22.9. The summed E-state index contributed by atoms with van der Waals surface area (Å²) in [7, 11) is 1.67. The molecule has 0 aliphatic rings. The van der Waals surface area contributed by atoms with Crippen LogP contribution in [0.3, 0.4) is 0 Å². The highest BCUT2D eigenvalue weighted by Gasteiger charge is 2.11. The van der Waals surface area contributed by atoms with E-state index in [4.69, 9.17) is 9.72 Å². The summed E-state index contributed by atoms with van der Waals surface area (Å²) in [5.74, 6) is 1.55. The van der Waals surface area contributed by atoms with Crippen molar-refractivity contribution in [3.63, 3.8) is 0 Å². The molecule has 0 saturated carbocycles. The maximum absolute atomic E-state index is 13.0. The fourth-order valence-corrected chi connectivity index (χ4v) is 4.58. The number of hydrogen-bond donors (Lipinski definition) is 0. The number of nitrogens with zero attached hydrogens (tertiary/aromatic N) is 6. The highest BCUT2D eigenvalue weighted by molar-refractivity contribution is 7.99. The van der Waals surface area contributed by atoms with Crippen molar-refractivity contribution >= 4 is 22.7 Å². The first-order valence-electron chi connectivity index (χ1n) is 11.2. The molecule has 33 heavy (non-hydrogen) atoms. The molecular weight excluding hydrogens is 436 g/mol. The number of aryl methyl sites for hydroxylation is 1. The van der Waals surface area contributed by atoms with Crippen molar-refractivity contribution in [3.05, 3.63) is 65.0 Å². The summed E-state index contributed by atoms with van der Waals surface area (Å²) >= 11 is 1.64. The van der Waals surface area contributed by atoms with Crippen molar-refractivity contribution < 1.29 is 4.74 Å². The van der Waals surface area contributed by atoms with Crippen molar-refractivity contribution in [3.8, 4) is 11.4 Å². The van der Waals surface area contributed by atoms with E-state index in [9.17, 15) is 4.79 Å². The van der Waals surface area contributed by atoms with Crippen LogP contribution in [-0.2, 0) is 17.8 Å². The number of aromatic nitrogens is 6. The predicted octanol–water partition coefficient (Wildman–Crippen LogP) is 4.05. The van der Waals surface area contributed by atoms with Gasteiger partial charge in [0.1, 0.15) is 0 Å². The van der Waals surface area contributed by atoms with Gasteiger partial charge in [0.25, 0.3) is 5.56 Å². The first kappa shape index (κ1) is 23.1. The van der Waals surface area contributed by atoms with Gasteiger partial charge in [0.05, 0.1) is 17.4 Å². The Labute approximate surface area is 197 Å². The molecule has 0 bridgehead atoms. The minimum Gasteiger partial charge on any atom is -0.385 e. The largest absolute Gasteiger partial charge is 0.385 e. The lowest BCUT2D eigenvalue weighted by Crippen LogP contribution is -2.24. The van der Waals surface area contributed by atoms with Crippen LogP contribution in [-0.4, -0.2) is 49.2 Å². The van der Waals surface area contributed by atoms with E-state index in [1.54, 1.807) is 28.2 Å². The Kier molecular flexibility index (Phi) is 8.21. The summed E-state index contributed by atoms with van der Waals surface area (Å²) in [6, 6.07) is 17.4. The molecule has 172 valence electrons. The Bertz CT molecular complexity index is 1220. The van der Waals surface area contributed by atoms with Crippen molar-refractivity contribution in [1.29, 1.82) is 0 Å². The van der Waals surface area contributed by atoms with Gasteiger partial charge < -0.3 is 4.74 Å². The molecule has 0 aliphatic carbocycles. The van der Waals surface area contributed by atoms with Crippen LogP contribution in [0.15, 0.2) is 64.5 Å². The zero-order valence-electron chi connectivity index (χ0n) is 18.8. The molecule has 2 aromatic heterocycles. The predicted molar refractivity (Wildman–Crippen MR) is 130 cm³/mol. The van der Waals surface area contributed by atoms with Crippen LogP contribution in [0, 0.1) is 0 Å². The molecule has 4 aromatic rings. The van der Waals surface area contributed by atoms with Crippen LogP contribution in [0.2, 0.25) is 0 Å². The van der Waals surface area contributed by atoms with Gasteiger partial charge in [-0.2, -0.15) is 4.80 Å². The molecule has 2 heterocycles. The molecule has 0 radical (unpaired) electrons. The molecule has 0 amide bonds. The van der Waals surface area contributed by atoms with Gasteiger partial charge >= 0.3 is 0 Å². The van der Waals surface area contributed by atoms with E-state index in [0.29, 0.717) is 24.4 Å². The maximum Gasteiger partial charge on any atom is 0.262 e. The van der Waals surface area contributed by atoms with Gasteiger partial charge in [0.15, 0.2) is 5.16 Å². The molecule has 0 unspecified atom stereocenters. The Hall–Kier alpha value is -3.04. The molecule has 0 atom stereocenters. The van der Waals surface area contributed by atoms with Crippen molar-refractivity contribution in [1.82, 2.24) is 29.8 Å². The van der Waals surface area contributed by atoms with Gasteiger partial charge in [-0.25, -0.2) is 4.98 Å². The third kappa shape index (κ3) is 6.06. The average Bonchev–Trinajstić information content (AvgIpc) is 3.33. The standard InChI is InChI=1S/C24H28N6O2S/c1-32-17-10-15-29-23(31)20-13-6-7-14-21(20)25-24(29)33-18-9-3-8-16-30-27-22(26-28-30)19-11-4-2-5-12-19/h2,4-7,11-14H,3,8-10,15-18H2,1H3. The molecule has 0 aliphatic heterocycles.